The number of alkyl carbamates (subject to hydrolysis) is 1. The Kier molecular flexibility index (Phi) is 6.82. The molecule has 1 saturated heterocycles. The van der Waals surface area contributed by atoms with Gasteiger partial charge < -0.3 is 19.9 Å². The predicted octanol–water partition coefficient (Wildman–Crippen LogP) is 1.44. The number of nitrogens with zero attached hydrogens (tertiary/aromatic N) is 1. The fraction of sp³-hybridized carbons (Fsp3) is 0.765. The fourth-order valence-corrected chi connectivity index (χ4v) is 2.52. The van der Waals surface area contributed by atoms with E-state index in [1.165, 1.54) is 0 Å². The minimum absolute atomic E-state index is 0.0275. The van der Waals surface area contributed by atoms with Crippen molar-refractivity contribution in [2.24, 2.45) is 0 Å². The average Bonchev–Trinajstić information content (AvgIpc) is 2.92. The molecule has 27 heavy (non-hydrogen) atoms. The van der Waals surface area contributed by atoms with Crippen molar-refractivity contribution in [3.05, 3.63) is 0 Å². The SMILES string of the molecule is CC(C)(C)OC(=O)NCC(=O)N(C(=O)OC(C)(C)C)[C@@]1(C(=O)O)CCCN1. The van der Waals surface area contributed by atoms with Crippen molar-refractivity contribution in [3.8, 4) is 0 Å². The molecule has 10 heteroatoms. The molecule has 0 bridgehead atoms. The molecule has 1 rings (SSSR count). The van der Waals surface area contributed by atoms with Gasteiger partial charge in [0.15, 0.2) is 0 Å². The summed E-state index contributed by atoms with van der Waals surface area (Å²) < 4.78 is 10.3. The molecule has 154 valence electrons. The zero-order valence-electron chi connectivity index (χ0n) is 16.7. The van der Waals surface area contributed by atoms with Crippen LogP contribution in [0, 0.1) is 0 Å². The Morgan fingerprint density at radius 2 is 1.63 bits per heavy atom. The number of rotatable bonds is 4. The monoisotopic (exact) mass is 387 g/mol. The highest BCUT2D eigenvalue weighted by Gasteiger charge is 2.53. The topological polar surface area (TPSA) is 134 Å². The summed E-state index contributed by atoms with van der Waals surface area (Å²) in [5.74, 6) is -2.30. The number of amides is 3. The van der Waals surface area contributed by atoms with Crippen LogP contribution in [0.2, 0.25) is 0 Å². The molecule has 0 aromatic carbocycles. The minimum Gasteiger partial charge on any atom is -0.478 e. The summed E-state index contributed by atoms with van der Waals surface area (Å²) >= 11 is 0. The number of carbonyl (C=O) groups is 4. The molecule has 0 aliphatic carbocycles. The molecule has 1 atom stereocenters. The van der Waals surface area contributed by atoms with Crippen molar-refractivity contribution >= 4 is 24.1 Å². The first-order valence-electron chi connectivity index (χ1n) is 8.69. The van der Waals surface area contributed by atoms with Crippen molar-refractivity contribution in [1.82, 2.24) is 15.5 Å². The third-order valence-corrected chi connectivity index (χ3v) is 3.48. The summed E-state index contributed by atoms with van der Waals surface area (Å²) in [4.78, 5) is 49.5. The highest BCUT2D eigenvalue weighted by molar-refractivity contribution is 6.00. The van der Waals surface area contributed by atoms with Crippen LogP contribution in [0.15, 0.2) is 0 Å². The number of hydrogen-bond acceptors (Lipinski definition) is 7. The number of imide groups is 1. The van der Waals surface area contributed by atoms with Gasteiger partial charge in [-0.2, -0.15) is 0 Å². The molecule has 1 heterocycles. The molecule has 1 fully saturated rings. The zero-order chi connectivity index (χ0) is 21.0. The van der Waals surface area contributed by atoms with E-state index < -0.39 is 47.5 Å². The Balaban J connectivity index is 3.03. The number of aliphatic carboxylic acids is 1. The van der Waals surface area contributed by atoms with Gasteiger partial charge in [-0.15, -0.1) is 0 Å². The Bertz CT molecular complexity index is 599. The van der Waals surface area contributed by atoms with Crippen molar-refractivity contribution in [2.75, 3.05) is 13.1 Å². The first kappa shape index (κ1) is 22.7. The normalized spacial score (nSPS) is 19.9. The van der Waals surface area contributed by atoms with Crippen LogP contribution in [-0.4, -0.2) is 64.0 Å². The lowest BCUT2D eigenvalue weighted by Crippen LogP contribution is -2.66. The molecule has 0 spiro atoms. The molecule has 3 amide bonds. The van der Waals surface area contributed by atoms with Gasteiger partial charge in [-0.05, 0) is 60.9 Å². The van der Waals surface area contributed by atoms with Crippen LogP contribution in [0.25, 0.3) is 0 Å². The van der Waals surface area contributed by atoms with Crippen LogP contribution in [0.4, 0.5) is 9.59 Å². The number of nitrogens with one attached hydrogen (secondary N) is 2. The zero-order valence-corrected chi connectivity index (χ0v) is 16.7. The summed E-state index contributed by atoms with van der Waals surface area (Å²) in [5, 5.41) is 14.6. The molecule has 10 nitrogen and oxygen atoms in total. The van der Waals surface area contributed by atoms with E-state index in [2.05, 4.69) is 10.6 Å². The second-order valence-corrected chi connectivity index (χ2v) is 8.26. The molecule has 0 saturated carbocycles. The Morgan fingerprint density at radius 1 is 1.07 bits per heavy atom. The smallest absolute Gasteiger partial charge is 0.419 e. The van der Waals surface area contributed by atoms with Gasteiger partial charge in [-0.3, -0.25) is 10.1 Å². The van der Waals surface area contributed by atoms with Crippen molar-refractivity contribution in [2.45, 2.75) is 71.2 Å². The highest BCUT2D eigenvalue weighted by atomic mass is 16.6. The lowest BCUT2D eigenvalue weighted by atomic mass is 10.1. The molecule has 0 aromatic heterocycles. The summed E-state index contributed by atoms with van der Waals surface area (Å²) in [6.45, 7) is 9.46. The quantitative estimate of drug-likeness (QED) is 0.660. The standard InChI is InChI=1S/C17H29N3O7/c1-15(2,3)26-13(24)18-10-11(21)20(14(25)27-16(4,5)6)17(12(22)23)8-7-9-19-17/h19H,7-10H2,1-6H3,(H,18,24)(H,22,23)/t17-/m1/s1. The lowest BCUT2D eigenvalue weighted by Gasteiger charge is -2.37. The second kappa shape index (κ2) is 8.12. The average molecular weight is 387 g/mol. The first-order chi connectivity index (χ1) is 12.2. The highest BCUT2D eigenvalue weighted by Crippen LogP contribution is 2.27. The minimum atomic E-state index is -1.92. The van der Waals surface area contributed by atoms with Gasteiger partial charge in [0.2, 0.25) is 5.66 Å². The summed E-state index contributed by atoms with van der Waals surface area (Å²) in [6, 6.07) is 0. The van der Waals surface area contributed by atoms with Crippen molar-refractivity contribution < 1.29 is 33.8 Å². The van der Waals surface area contributed by atoms with Crippen LogP contribution in [0.3, 0.4) is 0 Å². The summed E-state index contributed by atoms with van der Waals surface area (Å²) in [6.07, 6.45) is -1.47. The van der Waals surface area contributed by atoms with Crippen LogP contribution in [-0.2, 0) is 19.1 Å². The van der Waals surface area contributed by atoms with Crippen LogP contribution in [0.5, 0.6) is 0 Å². The number of carboxylic acids is 1. The number of ether oxygens (including phenoxy) is 2. The number of carbonyl (C=O) groups excluding carboxylic acids is 3. The Labute approximate surface area is 158 Å². The molecular weight excluding hydrogens is 358 g/mol. The summed E-state index contributed by atoms with van der Waals surface area (Å²) in [7, 11) is 0. The van der Waals surface area contributed by atoms with E-state index in [1.807, 2.05) is 0 Å². The van der Waals surface area contributed by atoms with Gasteiger partial charge in [0.1, 0.15) is 17.7 Å². The van der Waals surface area contributed by atoms with Gasteiger partial charge in [0.25, 0.3) is 5.91 Å². The van der Waals surface area contributed by atoms with Gasteiger partial charge in [0, 0.05) is 0 Å². The fourth-order valence-electron chi connectivity index (χ4n) is 2.52. The molecule has 1 aliphatic heterocycles. The van der Waals surface area contributed by atoms with Crippen LogP contribution < -0.4 is 10.6 Å². The molecular formula is C17H29N3O7. The second-order valence-electron chi connectivity index (χ2n) is 8.26. The number of carboxylic acid groups (broad SMARTS) is 1. The van der Waals surface area contributed by atoms with Crippen LogP contribution >= 0.6 is 0 Å². The molecule has 0 aromatic rings. The first-order valence-corrected chi connectivity index (χ1v) is 8.69. The van der Waals surface area contributed by atoms with Gasteiger partial charge in [-0.25, -0.2) is 19.3 Å². The van der Waals surface area contributed by atoms with Crippen molar-refractivity contribution in [3.63, 3.8) is 0 Å². The number of hydrogen-bond donors (Lipinski definition) is 3. The Morgan fingerprint density at radius 3 is 2.04 bits per heavy atom. The van der Waals surface area contributed by atoms with E-state index in [9.17, 15) is 24.3 Å². The van der Waals surface area contributed by atoms with E-state index in [4.69, 9.17) is 9.47 Å². The maximum Gasteiger partial charge on any atom is 0.419 e. The third-order valence-electron chi connectivity index (χ3n) is 3.48. The molecule has 3 N–H and O–H groups in total. The third kappa shape index (κ3) is 6.38. The van der Waals surface area contributed by atoms with Gasteiger partial charge in [-0.1, -0.05) is 0 Å². The maximum absolute atomic E-state index is 12.7. The van der Waals surface area contributed by atoms with Crippen molar-refractivity contribution in [1.29, 1.82) is 0 Å². The molecule has 0 radical (unpaired) electrons. The van der Waals surface area contributed by atoms with Gasteiger partial charge in [0.05, 0.1) is 0 Å². The summed E-state index contributed by atoms with van der Waals surface area (Å²) in [5.41, 5.74) is -3.63. The van der Waals surface area contributed by atoms with Crippen LogP contribution in [0.1, 0.15) is 54.4 Å². The Hall–Kier alpha value is -2.36. The maximum atomic E-state index is 12.7. The van der Waals surface area contributed by atoms with E-state index in [1.54, 1.807) is 41.5 Å². The van der Waals surface area contributed by atoms with E-state index in [0.29, 0.717) is 17.9 Å². The molecule has 1 aliphatic rings. The lowest BCUT2D eigenvalue weighted by molar-refractivity contribution is -0.159. The predicted molar refractivity (Wildman–Crippen MR) is 94.9 cm³/mol. The van der Waals surface area contributed by atoms with E-state index >= 15 is 0 Å². The largest absolute Gasteiger partial charge is 0.478 e. The van der Waals surface area contributed by atoms with E-state index in [0.717, 1.165) is 0 Å². The molecule has 0 unspecified atom stereocenters. The van der Waals surface area contributed by atoms with E-state index in [-0.39, 0.29) is 6.42 Å². The van der Waals surface area contributed by atoms with Gasteiger partial charge >= 0.3 is 18.2 Å².